The molecule has 0 saturated heterocycles. The molecule has 4 heteroatoms. The molecule has 16 heavy (non-hydrogen) atoms. The van der Waals surface area contributed by atoms with Gasteiger partial charge in [0.15, 0.2) is 0 Å². The smallest absolute Gasteiger partial charge is 0.112 e. The summed E-state index contributed by atoms with van der Waals surface area (Å²) >= 11 is 1.73. The third-order valence-electron chi connectivity index (χ3n) is 2.63. The predicted molar refractivity (Wildman–Crippen MR) is 72.1 cm³/mol. The van der Waals surface area contributed by atoms with E-state index in [-0.39, 0.29) is 6.04 Å². The summed E-state index contributed by atoms with van der Waals surface area (Å²) in [5, 5.41) is 2.33. The van der Waals surface area contributed by atoms with Gasteiger partial charge < -0.3 is 10.6 Å². The summed E-state index contributed by atoms with van der Waals surface area (Å²) in [5.74, 6) is 0. The SMILES string of the molecule is C/C=C(/CN(CC)c1cnc(C)s1)[C@@H](C)N. The van der Waals surface area contributed by atoms with Crippen LogP contribution in [-0.4, -0.2) is 24.1 Å². The molecule has 90 valence electrons. The van der Waals surface area contributed by atoms with Crippen LogP contribution in [0.3, 0.4) is 0 Å². The molecule has 0 saturated carbocycles. The third-order valence-corrected chi connectivity index (χ3v) is 3.61. The largest absolute Gasteiger partial charge is 0.358 e. The Hall–Kier alpha value is -0.870. The summed E-state index contributed by atoms with van der Waals surface area (Å²) in [4.78, 5) is 6.60. The second-order valence-corrected chi connectivity index (χ2v) is 5.10. The maximum atomic E-state index is 5.93. The number of aromatic nitrogens is 1. The summed E-state index contributed by atoms with van der Waals surface area (Å²) in [5.41, 5.74) is 7.20. The lowest BCUT2D eigenvalue weighted by atomic mass is 10.1. The molecule has 0 unspecified atom stereocenters. The van der Waals surface area contributed by atoms with Crippen molar-refractivity contribution in [3.8, 4) is 0 Å². The minimum absolute atomic E-state index is 0.119. The van der Waals surface area contributed by atoms with Crippen molar-refractivity contribution in [2.45, 2.75) is 33.7 Å². The molecule has 1 rings (SSSR count). The van der Waals surface area contributed by atoms with E-state index in [1.54, 1.807) is 11.3 Å². The van der Waals surface area contributed by atoms with E-state index in [1.807, 2.05) is 27.0 Å². The van der Waals surface area contributed by atoms with Gasteiger partial charge >= 0.3 is 0 Å². The number of hydrogen-bond acceptors (Lipinski definition) is 4. The Labute approximate surface area is 102 Å². The van der Waals surface area contributed by atoms with Crippen molar-refractivity contribution < 1.29 is 0 Å². The molecule has 1 atom stereocenters. The molecule has 0 amide bonds. The van der Waals surface area contributed by atoms with Gasteiger partial charge in [0.2, 0.25) is 0 Å². The van der Waals surface area contributed by atoms with Gasteiger partial charge in [0, 0.05) is 19.1 Å². The molecule has 3 nitrogen and oxygen atoms in total. The molecule has 0 bridgehead atoms. The number of hydrogen-bond donors (Lipinski definition) is 1. The summed E-state index contributed by atoms with van der Waals surface area (Å²) < 4.78 is 0. The standard InChI is InChI=1S/C12H21N3S/c1-5-11(9(3)13)8-15(6-2)12-7-14-10(4)16-12/h5,7,9H,6,8,13H2,1-4H3/b11-5-/t9-/m1/s1. The molecule has 0 fully saturated rings. The first-order valence-corrected chi connectivity index (χ1v) is 6.48. The molecule has 0 radical (unpaired) electrons. The van der Waals surface area contributed by atoms with Crippen LogP contribution >= 0.6 is 11.3 Å². The van der Waals surface area contributed by atoms with E-state index in [1.165, 1.54) is 10.6 Å². The van der Waals surface area contributed by atoms with Crippen molar-refractivity contribution >= 4 is 16.3 Å². The number of nitrogens with zero attached hydrogens (tertiary/aromatic N) is 2. The number of thiazole rings is 1. The van der Waals surface area contributed by atoms with Gasteiger partial charge in [-0.2, -0.15) is 0 Å². The van der Waals surface area contributed by atoms with Crippen LogP contribution in [0, 0.1) is 6.92 Å². The van der Waals surface area contributed by atoms with Crippen LogP contribution in [0.15, 0.2) is 17.8 Å². The van der Waals surface area contributed by atoms with E-state index >= 15 is 0 Å². The highest BCUT2D eigenvalue weighted by atomic mass is 32.1. The highest BCUT2D eigenvalue weighted by molar-refractivity contribution is 7.15. The molecule has 0 aliphatic heterocycles. The second-order valence-electron chi connectivity index (χ2n) is 3.88. The Bertz CT molecular complexity index is 355. The zero-order valence-corrected chi connectivity index (χ0v) is 11.3. The van der Waals surface area contributed by atoms with Gasteiger partial charge in [-0.05, 0) is 33.3 Å². The molecule has 0 aromatic carbocycles. The molecule has 1 heterocycles. The van der Waals surface area contributed by atoms with Gasteiger partial charge in [-0.15, -0.1) is 11.3 Å². The zero-order chi connectivity index (χ0) is 12.1. The van der Waals surface area contributed by atoms with Crippen LogP contribution < -0.4 is 10.6 Å². The Morgan fingerprint density at radius 3 is 2.75 bits per heavy atom. The number of rotatable bonds is 5. The first-order chi connectivity index (χ1) is 7.58. The fourth-order valence-electron chi connectivity index (χ4n) is 1.56. The lowest BCUT2D eigenvalue weighted by molar-refractivity contribution is 0.781. The maximum Gasteiger partial charge on any atom is 0.112 e. The van der Waals surface area contributed by atoms with E-state index in [2.05, 4.69) is 22.9 Å². The van der Waals surface area contributed by atoms with Gasteiger partial charge in [-0.3, -0.25) is 0 Å². The first-order valence-electron chi connectivity index (χ1n) is 5.66. The lowest BCUT2D eigenvalue weighted by Crippen LogP contribution is -2.31. The van der Waals surface area contributed by atoms with E-state index in [0.717, 1.165) is 18.1 Å². The normalized spacial score (nSPS) is 13.9. The van der Waals surface area contributed by atoms with Crippen LogP contribution in [0.1, 0.15) is 25.8 Å². The van der Waals surface area contributed by atoms with Crippen LogP contribution in [0.25, 0.3) is 0 Å². The van der Waals surface area contributed by atoms with Crippen LogP contribution in [-0.2, 0) is 0 Å². The number of likely N-dealkylation sites (N-methyl/N-ethyl adjacent to an activating group) is 1. The Morgan fingerprint density at radius 1 is 1.69 bits per heavy atom. The van der Waals surface area contributed by atoms with Gasteiger partial charge in [-0.25, -0.2) is 4.98 Å². The molecule has 2 N–H and O–H groups in total. The summed E-state index contributed by atoms with van der Waals surface area (Å²) in [7, 11) is 0. The van der Waals surface area contributed by atoms with Crippen molar-refractivity contribution in [1.82, 2.24) is 4.98 Å². The third kappa shape index (κ3) is 3.32. The average Bonchev–Trinajstić information content (AvgIpc) is 2.66. The first kappa shape index (κ1) is 13.2. The van der Waals surface area contributed by atoms with Crippen molar-refractivity contribution in [3.63, 3.8) is 0 Å². The molecule has 0 spiro atoms. The topological polar surface area (TPSA) is 42.2 Å². The Kier molecular flexibility index (Phi) is 4.96. The molecule has 0 aliphatic carbocycles. The van der Waals surface area contributed by atoms with Crippen molar-refractivity contribution in [3.05, 3.63) is 22.9 Å². The van der Waals surface area contributed by atoms with Gasteiger partial charge in [0.05, 0.1) is 11.2 Å². The van der Waals surface area contributed by atoms with Crippen LogP contribution in [0.5, 0.6) is 0 Å². The minimum Gasteiger partial charge on any atom is -0.358 e. The quantitative estimate of drug-likeness (QED) is 0.803. The minimum atomic E-state index is 0.119. The van der Waals surface area contributed by atoms with Gasteiger partial charge in [-0.1, -0.05) is 6.08 Å². The van der Waals surface area contributed by atoms with Crippen molar-refractivity contribution in [2.75, 3.05) is 18.0 Å². The molecule has 1 aromatic heterocycles. The lowest BCUT2D eigenvalue weighted by Gasteiger charge is -2.23. The van der Waals surface area contributed by atoms with Crippen LogP contribution in [0.2, 0.25) is 0 Å². The highest BCUT2D eigenvalue weighted by Gasteiger charge is 2.11. The summed E-state index contributed by atoms with van der Waals surface area (Å²) in [6.07, 6.45) is 4.05. The zero-order valence-electron chi connectivity index (χ0n) is 10.5. The van der Waals surface area contributed by atoms with Gasteiger partial charge in [0.25, 0.3) is 0 Å². The fourth-order valence-corrected chi connectivity index (χ4v) is 2.40. The van der Waals surface area contributed by atoms with E-state index in [9.17, 15) is 0 Å². The monoisotopic (exact) mass is 239 g/mol. The van der Waals surface area contributed by atoms with E-state index in [4.69, 9.17) is 5.73 Å². The number of allylic oxidation sites excluding steroid dienone is 1. The van der Waals surface area contributed by atoms with E-state index < -0.39 is 0 Å². The molecular formula is C12H21N3S. The van der Waals surface area contributed by atoms with Crippen molar-refractivity contribution in [1.29, 1.82) is 0 Å². The molecule has 0 aliphatic rings. The average molecular weight is 239 g/mol. The fraction of sp³-hybridized carbons (Fsp3) is 0.583. The maximum absolute atomic E-state index is 5.93. The Morgan fingerprint density at radius 2 is 2.38 bits per heavy atom. The van der Waals surface area contributed by atoms with E-state index in [0.29, 0.717) is 0 Å². The predicted octanol–water partition coefficient (Wildman–Crippen LogP) is 2.57. The highest BCUT2D eigenvalue weighted by Crippen LogP contribution is 2.23. The number of nitrogens with two attached hydrogens (primary N) is 1. The summed E-state index contributed by atoms with van der Waals surface area (Å²) in [6.45, 7) is 10.1. The molecule has 1 aromatic rings. The van der Waals surface area contributed by atoms with Crippen LogP contribution in [0.4, 0.5) is 5.00 Å². The second kappa shape index (κ2) is 6.01. The van der Waals surface area contributed by atoms with Gasteiger partial charge in [0.1, 0.15) is 5.00 Å². The number of anilines is 1. The Balaban J connectivity index is 2.76. The number of aryl methyl sites for hydroxylation is 1. The van der Waals surface area contributed by atoms with Crippen molar-refractivity contribution in [2.24, 2.45) is 5.73 Å². The molecular weight excluding hydrogens is 218 g/mol. The summed E-state index contributed by atoms with van der Waals surface area (Å²) in [6, 6.07) is 0.119.